The van der Waals surface area contributed by atoms with Crippen molar-refractivity contribution in [2.75, 3.05) is 27.4 Å². The van der Waals surface area contributed by atoms with E-state index in [4.69, 9.17) is 19.2 Å². The lowest BCUT2D eigenvalue weighted by molar-refractivity contribution is -0.138. The molecule has 192 valence electrons. The highest BCUT2D eigenvalue weighted by Gasteiger charge is 2.60. The van der Waals surface area contributed by atoms with Crippen LogP contribution in [0.5, 0.6) is 11.5 Å². The molecule has 36 heavy (non-hydrogen) atoms. The molecule has 1 N–H and O–H groups in total. The minimum atomic E-state index is -1.03. The molecular weight excluding hydrogens is 478 g/mol. The van der Waals surface area contributed by atoms with Crippen LogP contribution in [0.3, 0.4) is 0 Å². The first-order valence-corrected chi connectivity index (χ1v) is 13.1. The summed E-state index contributed by atoms with van der Waals surface area (Å²) in [5, 5.41) is 9.96. The van der Waals surface area contributed by atoms with Crippen LogP contribution >= 0.6 is 11.8 Å². The van der Waals surface area contributed by atoms with Gasteiger partial charge in [0.05, 0.1) is 25.2 Å². The third kappa shape index (κ3) is 5.02. The van der Waals surface area contributed by atoms with Crippen LogP contribution in [0.4, 0.5) is 0 Å². The predicted octanol–water partition coefficient (Wildman–Crippen LogP) is 4.70. The number of Topliss-reactive ketones (excluding diaryl/α,β-unsaturated/α-hetero) is 1. The van der Waals surface area contributed by atoms with Gasteiger partial charge in [0.25, 0.3) is 0 Å². The molecule has 0 aromatic heterocycles. The maximum atomic E-state index is 13.2. The molecular formula is C28H33NO6S. The van der Waals surface area contributed by atoms with Crippen molar-refractivity contribution in [3.63, 3.8) is 0 Å². The number of hydrogen-bond acceptors (Lipinski definition) is 7. The van der Waals surface area contributed by atoms with E-state index in [0.717, 1.165) is 16.7 Å². The second kappa shape index (κ2) is 11.0. The molecule has 1 saturated heterocycles. The van der Waals surface area contributed by atoms with Crippen LogP contribution in [-0.4, -0.2) is 66.5 Å². The molecule has 1 heterocycles. The van der Waals surface area contributed by atoms with Gasteiger partial charge in [-0.2, -0.15) is 0 Å². The van der Waals surface area contributed by atoms with E-state index in [1.54, 1.807) is 26.0 Å². The van der Waals surface area contributed by atoms with Crippen molar-refractivity contribution >= 4 is 29.2 Å². The molecule has 4 rings (SSSR count). The number of ether oxygens (including phenoxy) is 3. The number of carbonyl (C=O) groups is 2. The molecule has 2 aliphatic rings. The summed E-state index contributed by atoms with van der Waals surface area (Å²) >= 11 is 1.54. The third-order valence-corrected chi connectivity index (χ3v) is 8.09. The number of carboxylic acid groups (broad SMARTS) is 1. The molecule has 2 aromatic carbocycles. The Labute approximate surface area is 216 Å². The van der Waals surface area contributed by atoms with E-state index < -0.39 is 22.7 Å². The van der Waals surface area contributed by atoms with E-state index in [1.165, 1.54) is 0 Å². The number of rotatable bonds is 9. The van der Waals surface area contributed by atoms with Crippen molar-refractivity contribution in [1.29, 1.82) is 0 Å². The van der Waals surface area contributed by atoms with Gasteiger partial charge >= 0.3 is 5.97 Å². The standard InChI is InChI=1S/C28H33NO6S/c1-17(2)36-24-25(28(26(24)30)10-12-35-13-11-28)29-20(27(31)32)14-18-15-21(33-3)23(22(16-18)34-4)19-8-6-5-7-9-19/h5-9,15-17,20,24H,10-14H2,1-4H3,(H,31,32)/t20-,24?/m0/s1. The fourth-order valence-corrected chi connectivity index (χ4v) is 6.35. The zero-order valence-electron chi connectivity index (χ0n) is 21.2. The van der Waals surface area contributed by atoms with Crippen molar-refractivity contribution in [2.24, 2.45) is 10.4 Å². The molecule has 1 unspecified atom stereocenters. The topological polar surface area (TPSA) is 94.4 Å². The second-order valence-corrected chi connectivity index (χ2v) is 11.1. The van der Waals surface area contributed by atoms with Gasteiger partial charge in [-0.3, -0.25) is 9.79 Å². The Morgan fingerprint density at radius 1 is 1.14 bits per heavy atom. The summed E-state index contributed by atoms with van der Waals surface area (Å²) in [6.45, 7) is 5.03. The normalized spacial score (nSPS) is 20.9. The van der Waals surface area contributed by atoms with Gasteiger partial charge in [-0.05, 0) is 36.1 Å². The SMILES string of the molecule is COc1cc(C[C@H](N=C2C(SC(C)C)C(=O)C23CCOCC3)C(=O)O)cc(OC)c1-c1ccccc1. The Balaban J connectivity index is 1.70. The largest absolute Gasteiger partial charge is 0.496 e. The van der Waals surface area contributed by atoms with Crippen LogP contribution in [0.15, 0.2) is 47.5 Å². The summed E-state index contributed by atoms with van der Waals surface area (Å²) in [7, 11) is 3.17. The van der Waals surface area contributed by atoms with Gasteiger partial charge in [0, 0.05) is 30.6 Å². The molecule has 2 aromatic rings. The highest BCUT2D eigenvalue weighted by atomic mass is 32.2. The first-order chi connectivity index (χ1) is 17.3. The number of aliphatic imine (C=N–C) groups is 1. The molecule has 1 saturated carbocycles. The summed E-state index contributed by atoms with van der Waals surface area (Å²) in [5.41, 5.74) is 2.50. The predicted molar refractivity (Wildman–Crippen MR) is 142 cm³/mol. The number of carboxylic acids is 1. The third-order valence-electron chi connectivity index (χ3n) is 6.84. The van der Waals surface area contributed by atoms with Crippen LogP contribution in [0.1, 0.15) is 32.3 Å². The highest BCUT2D eigenvalue weighted by molar-refractivity contribution is 8.02. The lowest BCUT2D eigenvalue weighted by Gasteiger charge is -2.49. The van der Waals surface area contributed by atoms with E-state index in [2.05, 4.69) is 0 Å². The number of benzene rings is 2. The summed E-state index contributed by atoms with van der Waals surface area (Å²) in [6, 6.07) is 12.4. The average Bonchev–Trinajstić information content (AvgIpc) is 2.89. The fraction of sp³-hybridized carbons (Fsp3) is 0.464. The first-order valence-electron chi connectivity index (χ1n) is 12.2. The van der Waals surface area contributed by atoms with Crippen molar-refractivity contribution in [3.8, 4) is 22.6 Å². The van der Waals surface area contributed by atoms with Crippen molar-refractivity contribution in [3.05, 3.63) is 48.0 Å². The van der Waals surface area contributed by atoms with E-state index >= 15 is 0 Å². The first kappa shape index (κ1) is 26.2. The Hall–Kier alpha value is -2.84. The van der Waals surface area contributed by atoms with Crippen LogP contribution in [0, 0.1) is 5.41 Å². The average molecular weight is 512 g/mol. The molecule has 1 spiro atoms. The van der Waals surface area contributed by atoms with Crippen molar-refractivity contribution in [1.82, 2.24) is 0 Å². The number of hydrogen-bond donors (Lipinski definition) is 1. The number of nitrogens with zero attached hydrogens (tertiary/aromatic N) is 1. The van der Waals surface area contributed by atoms with Crippen LogP contribution in [-0.2, 0) is 20.7 Å². The Morgan fingerprint density at radius 3 is 2.28 bits per heavy atom. The van der Waals surface area contributed by atoms with Crippen molar-refractivity contribution < 1.29 is 28.9 Å². The molecule has 1 aliphatic carbocycles. The van der Waals surface area contributed by atoms with Gasteiger partial charge in [0.1, 0.15) is 16.7 Å². The smallest absolute Gasteiger partial charge is 0.328 e. The summed E-state index contributed by atoms with van der Waals surface area (Å²) < 4.78 is 16.9. The summed E-state index contributed by atoms with van der Waals surface area (Å²) in [4.78, 5) is 30.3. The van der Waals surface area contributed by atoms with Crippen molar-refractivity contribution in [2.45, 2.75) is 49.7 Å². The molecule has 0 amide bonds. The van der Waals surface area contributed by atoms with Gasteiger partial charge in [-0.15, -0.1) is 11.8 Å². The van der Waals surface area contributed by atoms with Gasteiger partial charge < -0.3 is 19.3 Å². The van der Waals surface area contributed by atoms with Crippen LogP contribution in [0.2, 0.25) is 0 Å². The van der Waals surface area contributed by atoms with Crippen LogP contribution in [0.25, 0.3) is 11.1 Å². The number of thioether (sulfide) groups is 1. The Kier molecular flexibility index (Phi) is 8.05. The molecule has 0 radical (unpaired) electrons. The van der Waals surface area contributed by atoms with Gasteiger partial charge in [0.15, 0.2) is 11.8 Å². The van der Waals surface area contributed by atoms with E-state index in [9.17, 15) is 14.7 Å². The maximum Gasteiger partial charge on any atom is 0.328 e. The van der Waals surface area contributed by atoms with Gasteiger partial charge in [-0.25, -0.2) is 4.79 Å². The van der Waals surface area contributed by atoms with E-state index in [0.29, 0.717) is 43.3 Å². The second-order valence-electron chi connectivity index (χ2n) is 9.44. The molecule has 0 bridgehead atoms. The summed E-state index contributed by atoms with van der Waals surface area (Å²) in [5.74, 6) is 0.325. The zero-order valence-corrected chi connectivity index (χ0v) is 22.0. The molecule has 1 aliphatic heterocycles. The number of aliphatic carboxylic acids is 1. The highest BCUT2D eigenvalue weighted by Crippen LogP contribution is 2.49. The molecule has 2 atom stereocenters. The fourth-order valence-electron chi connectivity index (χ4n) is 5.04. The monoisotopic (exact) mass is 511 g/mol. The van der Waals surface area contributed by atoms with E-state index in [1.807, 2.05) is 56.3 Å². The minimum absolute atomic E-state index is 0.153. The molecule has 8 heteroatoms. The van der Waals surface area contributed by atoms with Crippen LogP contribution < -0.4 is 9.47 Å². The Bertz CT molecular complexity index is 1110. The van der Waals surface area contributed by atoms with E-state index in [-0.39, 0.29) is 17.5 Å². The van der Waals surface area contributed by atoms with Gasteiger partial charge in [0.2, 0.25) is 0 Å². The number of ketones is 1. The molecule has 7 nitrogen and oxygen atoms in total. The molecule has 2 fully saturated rings. The zero-order chi connectivity index (χ0) is 25.9. The lowest BCUT2D eigenvalue weighted by atomic mass is 9.60. The minimum Gasteiger partial charge on any atom is -0.496 e. The number of carbonyl (C=O) groups excluding carboxylic acids is 1. The quantitative estimate of drug-likeness (QED) is 0.522. The van der Waals surface area contributed by atoms with Gasteiger partial charge in [-0.1, -0.05) is 44.2 Å². The lowest BCUT2D eigenvalue weighted by Crippen LogP contribution is -2.63. The summed E-state index contributed by atoms with van der Waals surface area (Å²) in [6.07, 6.45) is 1.26. The Morgan fingerprint density at radius 2 is 1.75 bits per heavy atom. The maximum absolute atomic E-state index is 13.2. The number of methoxy groups -OCH3 is 2.